The Morgan fingerprint density at radius 3 is 2.75 bits per heavy atom. The molecule has 0 fully saturated rings. The van der Waals surface area contributed by atoms with Gasteiger partial charge in [-0.3, -0.25) is 19.7 Å². The minimum Gasteiger partial charge on any atom is -0.340 e. The van der Waals surface area contributed by atoms with Gasteiger partial charge in [-0.25, -0.2) is 0 Å². The van der Waals surface area contributed by atoms with Crippen LogP contribution in [0.1, 0.15) is 34.6 Å². The topological polar surface area (TPSA) is 92.5 Å². The smallest absolute Gasteiger partial charge is 0.288 e. The van der Waals surface area contributed by atoms with Gasteiger partial charge in [0.15, 0.2) is 0 Å². The largest absolute Gasteiger partial charge is 0.340 e. The van der Waals surface area contributed by atoms with Crippen molar-refractivity contribution in [3.63, 3.8) is 0 Å². The van der Waals surface area contributed by atoms with Gasteiger partial charge >= 0.3 is 0 Å². The number of amides is 2. The van der Waals surface area contributed by atoms with Gasteiger partial charge in [-0.15, -0.1) is 11.3 Å². The van der Waals surface area contributed by atoms with Crippen LogP contribution in [0.5, 0.6) is 0 Å². The lowest BCUT2D eigenvalue weighted by atomic mass is 10.00. The summed E-state index contributed by atoms with van der Waals surface area (Å²) >= 11 is 7.50. The number of thiophene rings is 1. The van der Waals surface area contributed by atoms with Crippen LogP contribution in [0.15, 0.2) is 29.6 Å². The van der Waals surface area contributed by atoms with E-state index < -0.39 is 16.9 Å². The molecule has 148 valence electrons. The number of carbonyl (C=O) groups excluding carboxylic acids is 2. The fourth-order valence-corrected chi connectivity index (χ4v) is 4.24. The standard InChI is InChI=1S/C19H20ClN3O4S/c1-11(2)17(19(25)22-7-5-16-13(10-22)6-8-28-16)21-18(24)12-3-4-14(20)15(9-12)23(26)27/h3-4,6,8-9,11,17H,5,7,10H2,1-2H3,(H,21,24)/t17-/m1/s1. The molecule has 3 rings (SSSR count). The Morgan fingerprint density at radius 1 is 1.32 bits per heavy atom. The Bertz CT molecular complexity index is 928. The van der Waals surface area contributed by atoms with E-state index in [1.807, 2.05) is 25.3 Å². The van der Waals surface area contributed by atoms with E-state index in [1.165, 1.54) is 17.0 Å². The Kier molecular flexibility index (Phi) is 6.00. The van der Waals surface area contributed by atoms with Crippen LogP contribution in [0, 0.1) is 16.0 Å². The highest BCUT2D eigenvalue weighted by Gasteiger charge is 2.31. The molecule has 1 aromatic heterocycles. The third-order valence-corrected chi connectivity index (χ3v) is 6.09. The monoisotopic (exact) mass is 421 g/mol. The lowest BCUT2D eigenvalue weighted by Crippen LogP contribution is -2.52. The Balaban J connectivity index is 1.76. The van der Waals surface area contributed by atoms with Crippen molar-refractivity contribution in [2.75, 3.05) is 6.54 Å². The van der Waals surface area contributed by atoms with Gasteiger partial charge in [0, 0.05) is 29.6 Å². The second-order valence-electron chi connectivity index (χ2n) is 7.00. The van der Waals surface area contributed by atoms with Crippen LogP contribution in [0.3, 0.4) is 0 Å². The maximum absolute atomic E-state index is 13.1. The molecule has 1 N–H and O–H groups in total. The molecule has 0 spiro atoms. The molecule has 0 aliphatic carbocycles. The summed E-state index contributed by atoms with van der Waals surface area (Å²) in [4.78, 5) is 39.2. The van der Waals surface area contributed by atoms with E-state index in [-0.39, 0.29) is 28.1 Å². The van der Waals surface area contributed by atoms with Gasteiger partial charge in [0.2, 0.25) is 5.91 Å². The molecule has 1 aromatic carbocycles. The molecule has 2 amide bonds. The van der Waals surface area contributed by atoms with E-state index in [0.717, 1.165) is 18.1 Å². The maximum Gasteiger partial charge on any atom is 0.288 e. The summed E-state index contributed by atoms with van der Waals surface area (Å²) in [6.45, 7) is 4.85. The number of carbonyl (C=O) groups is 2. The summed E-state index contributed by atoms with van der Waals surface area (Å²) in [5.74, 6) is -0.827. The molecule has 28 heavy (non-hydrogen) atoms. The second kappa shape index (κ2) is 8.28. The average Bonchev–Trinajstić information content (AvgIpc) is 3.13. The molecule has 1 aliphatic heterocycles. The van der Waals surface area contributed by atoms with E-state index in [2.05, 4.69) is 5.32 Å². The number of nitrogens with one attached hydrogen (secondary N) is 1. The molecule has 2 aromatic rings. The van der Waals surface area contributed by atoms with Gasteiger partial charge in [-0.2, -0.15) is 0 Å². The van der Waals surface area contributed by atoms with Crippen LogP contribution < -0.4 is 5.32 Å². The predicted molar refractivity (Wildman–Crippen MR) is 108 cm³/mol. The fourth-order valence-electron chi connectivity index (χ4n) is 3.17. The van der Waals surface area contributed by atoms with E-state index >= 15 is 0 Å². The molecule has 9 heteroatoms. The van der Waals surface area contributed by atoms with E-state index in [1.54, 1.807) is 16.2 Å². The van der Waals surface area contributed by atoms with Crippen LogP contribution in [0.2, 0.25) is 5.02 Å². The predicted octanol–water partition coefficient (Wildman–Crippen LogP) is 3.65. The Labute approximate surface area is 171 Å². The van der Waals surface area contributed by atoms with E-state index in [9.17, 15) is 19.7 Å². The molecule has 0 bridgehead atoms. The van der Waals surface area contributed by atoms with Gasteiger partial charge in [0.1, 0.15) is 11.1 Å². The molecule has 0 unspecified atom stereocenters. The van der Waals surface area contributed by atoms with E-state index in [4.69, 9.17) is 11.6 Å². The number of hydrogen-bond acceptors (Lipinski definition) is 5. The highest BCUT2D eigenvalue weighted by atomic mass is 35.5. The summed E-state index contributed by atoms with van der Waals surface area (Å²) in [5, 5.41) is 15.8. The number of rotatable bonds is 5. The van der Waals surface area contributed by atoms with Crippen molar-refractivity contribution < 1.29 is 14.5 Å². The number of nitrogens with zero attached hydrogens (tertiary/aromatic N) is 2. The zero-order valence-corrected chi connectivity index (χ0v) is 17.0. The lowest BCUT2D eigenvalue weighted by Gasteiger charge is -2.32. The zero-order valence-electron chi connectivity index (χ0n) is 15.5. The molecular formula is C19H20ClN3O4S. The van der Waals surface area contributed by atoms with Gasteiger partial charge in [0.25, 0.3) is 11.6 Å². The second-order valence-corrected chi connectivity index (χ2v) is 8.41. The quantitative estimate of drug-likeness (QED) is 0.589. The van der Waals surface area contributed by atoms with Gasteiger partial charge in [-0.05, 0) is 41.5 Å². The fraction of sp³-hybridized carbons (Fsp3) is 0.368. The van der Waals surface area contributed by atoms with Crippen LogP contribution in [0.4, 0.5) is 5.69 Å². The number of hydrogen-bond donors (Lipinski definition) is 1. The molecule has 0 radical (unpaired) electrons. The van der Waals surface area contributed by atoms with Crippen LogP contribution in [-0.4, -0.2) is 34.2 Å². The summed E-state index contributed by atoms with van der Waals surface area (Å²) in [6.07, 6.45) is 0.806. The summed E-state index contributed by atoms with van der Waals surface area (Å²) < 4.78 is 0. The first kappa shape index (κ1) is 20.3. The molecule has 7 nitrogen and oxygen atoms in total. The van der Waals surface area contributed by atoms with Gasteiger partial charge in [0.05, 0.1) is 4.92 Å². The molecule has 1 atom stereocenters. The number of halogens is 1. The summed E-state index contributed by atoms with van der Waals surface area (Å²) in [6, 6.07) is 5.14. The Hall–Kier alpha value is -2.45. The van der Waals surface area contributed by atoms with Crippen molar-refractivity contribution in [3.8, 4) is 0 Å². The van der Waals surface area contributed by atoms with Crippen molar-refractivity contribution in [1.82, 2.24) is 10.2 Å². The third kappa shape index (κ3) is 4.18. The number of fused-ring (bicyclic) bond motifs is 1. The third-order valence-electron chi connectivity index (χ3n) is 4.74. The highest BCUT2D eigenvalue weighted by molar-refractivity contribution is 7.10. The van der Waals surface area contributed by atoms with E-state index in [0.29, 0.717) is 13.1 Å². The SMILES string of the molecule is CC(C)[C@@H](NC(=O)c1ccc(Cl)c([N+](=O)[O-])c1)C(=O)N1CCc2sccc2C1. The maximum atomic E-state index is 13.1. The molecule has 0 saturated heterocycles. The van der Waals surface area contributed by atoms with Crippen molar-refractivity contribution in [3.05, 3.63) is 60.8 Å². The average molecular weight is 422 g/mol. The minimum absolute atomic E-state index is 0.0436. The zero-order chi connectivity index (χ0) is 20.4. The van der Waals surface area contributed by atoms with Crippen molar-refractivity contribution in [2.24, 2.45) is 5.92 Å². The van der Waals surface area contributed by atoms with Crippen molar-refractivity contribution >= 4 is 40.4 Å². The minimum atomic E-state index is -0.720. The number of nitro benzene ring substituents is 1. The molecule has 0 saturated carbocycles. The van der Waals surface area contributed by atoms with Crippen LogP contribution in [0.25, 0.3) is 0 Å². The normalized spacial score (nSPS) is 14.5. The molecule has 1 aliphatic rings. The summed E-state index contributed by atoms with van der Waals surface area (Å²) in [5.41, 5.74) is 0.892. The number of nitro groups is 1. The molecular weight excluding hydrogens is 402 g/mol. The van der Waals surface area contributed by atoms with Gasteiger partial charge in [-0.1, -0.05) is 25.4 Å². The van der Waals surface area contributed by atoms with Gasteiger partial charge < -0.3 is 10.2 Å². The van der Waals surface area contributed by atoms with Crippen molar-refractivity contribution in [1.29, 1.82) is 0 Å². The van der Waals surface area contributed by atoms with Crippen molar-refractivity contribution in [2.45, 2.75) is 32.9 Å². The first-order chi connectivity index (χ1) is 13.3. The first-order valence-corrected chi connectivity index (χ1v) is 10.1. The van der Waals surface area contributed by atoms with Crippen LogP contribution >= 0.6 is 22.9 Å². The number of benzene rings is 1. The lowest BCUT2D eigenvalue weighted by molar-refractivity contribution is -0.384. The summed E-state index contributed by atoms with van der Waals surface area (Å²) in [7, 11) is 0. The molecule has 2 heterocycles. The Morgan fingerprint density at radius 2 is 2.07 bits per heavy atom. The van der Waals surface area contributed by atoms with Crippen LogP contribution in [-0.2, 0) is 17.8 Å². The highest BCUT2D eigenvalue weighted by Crippen LogP contribution is 2.26. The first-order valence-electron chi connectivity index (χ1n) is 8.86.